The molecule has 0 spiro atoms. The molecule has 3 nitrogen and oxygen atoms in total. The number of hydrogen-bond acceptors (Lipinski definition) is 3. The summed E-state index contributed by atoms with van der Waals surface area (Å²) in [5, 5.41) is 0. The van der Waals surface area contributed by atoms with E-state index < -0.39 is 10.0 Å². The zero-order valence-electron chi connectivity index (χ0n) is 7.41. The SMILES string of the molecule is CN(CCCl)S(=O)(=O)c1ccc(Cl)s1. The van der Waals surface area contributed by atoms with Crippen molar-refractivity contribution in [3.8, 4) is 0 Å². The second kappa shape index (κ2) is 4.81. The molecule has 0 fully saturated rings. The zero-order chi connectivity index (χ0) is 10.8. The fourth-order valence-corrected chi connectivity index (χ4v) is 4.05. The number of hydrogen-bond donors (Lipinski definition) is 0. The monoisotopic (exact) mass is 273 g/mol. The van der Waals surface area contributed by atoms with Crippen LogP contribution in [0.3, 0.4) is 0 Å². The minimum atomic E-state index is -3.40. The molecule has 1 aromatic heterocycles. The Morgan fingerprint density at radius 1 is 1.50 bits per heavy atom. The van der Waals surface area contributed by atoms with Crippen molar-refractivity contribution in [2.24, 2.45) is 0 Å². The normalized spacial score (nSPS) is 12.3. The van der Waals surface area contributed by atoms with Gasteiger partial charge in [-0.3, -0.25) is 0 Å². The molecular weight excluding hydrogens is 265 g/mol. The molecule has 0 aliphatic rings. The minimum absolute atomic E-state index is 0.245. The Labute approximate surface area is 97.3 Å². The summed E-state index contributed by atoms with van der Waals surface area (Å²) < 4.78 is 25.4. The van der Waals surface area contributed by atoms with Crippen LogP contribution in [0.4, 0.5) is 0 Å². The van der Waals surface area contributed by atoms with Gasteiger partial charge < -0.3 is 0 Å². The van der Waals surface area contributed by atoms with Crippen molar-refractivity contribution < 1.29 is 8.42 Å². The maximum absolute atomic E-state index is 11.8. The minimum Gasteiger partial charge on any atom is -0.206 e. The molecule has 0 aromatic carbocycles. The Hall–Kier alpha value is 0.190. The van der Waals surface area contributed by atoms with Crippen LogP contribution in [0.5, 0.6) is 0 Å². The maximum atomic E-state index is 11.8. The first-order valence-corrected chi connectivity index (χ1v) is 6.93. The van der Waals surface area contributed by atoms with Crippen LogP contribution < -0.4 is 0 Å². The summed E-state index contributed by atoms with van der Waals surface area (Å²) in [5.74, 6) is 0.273. The van der Waals surface area contributed by atoms with Gasteiger partial charge in [0.25, 0.3) is 10.0 Å². The molecule has 0 unspecified atom stereocenters. The van der Waals surface area contributed by atoms with Crippen molar-refractivity contribution >= 4 is 44.6 Å². The molecule has 0 N–H and O–H groups in total. The second-order valence-corrected chi connectivity index (χ2v) is 6.94. The van der Waals surface area contributed by atoms with E-state index >= 15 is 0 Å². The predicted molar refractivity (Wildman–Crippen MR) is 59.9 cm³/mol. The molecule has 0 bridgehead atoms. The lowest BCUT2D eigenvalue weighted by molar-refractivity contribution is 0.490. The predicted octanol–water partition coefficient (Wildman–Crippen LogP) is 2.26. The number of sulfonamides is 1. The molecule has 80 valence electrons. The summed E-state index contributed by atoms with van der Waals surface area (Å²) in [7, 11) is -1.91. The molecule has 7 heteroatoms. The Bertz CT molecular complexity index is 402. The molecule has 0 aliphatic carbocycles. The topological polar surface area (TPSA) is 37.4 Å². The third kappa shape index (κ3) is 2.61. The highest BCUT2D eigenvalue weighted by Crippen LogP contribution is 2.27. The lowest BCUT2D eigenvalue weighted by Gasteiger charge is -2.13. The Morgan fingerprint density at radius 3 is 2.57 bits per heavy atom. The molecule has 0 radical (unpaired) electrons. The van der Waals surface area contributed by atoms with Gasteiger partial charge in [-0.25, -0.2) is 8.42 Å². The van der Waals surface area contributed by atoms with E-state index in [1.807, 2.05) is 0 Å². The van der Waals surface area contributed by atoms with Crippen LogP contribution in [0.2, 0.25) is 4.34 Å². The van der Waals surface area contributed by atoms with E-state index in [9.17, 15) is 8.42 Å². The van der Waals surface area contributed by atoms with E-state index in [1.54, 1.807) is 6.07 Å². The van der Waals surface area contributed by atoms with Gasteiger partial charge in [0.2, 0.25) is 0 Å². The molecule has 14 heavy (non-hydrogen) atoms. The van der Waals surface area contributed by atoms with Crippen LogP contribution in [-0.4, -0.2) is 32.2 Å². The van der Waals surface area contributed by atoms with Crippen molar-refractivity contribution in [3.05, 3.63) is 16.5 Å². The van der Waals surface area contributed by atoms with E-state index in [2.05, 4.69) is 0 Å². The molecule has 1 aromatic rings. The summed E-state index contributed by atoms with van der Waals surface area (Å²) in [6.45, 7) is 0.291. The number of alkyl halides is 1. The Kier molecular flexibility index (Phi) is 4.21. The van der Waals surface area contributed by atoms with Crippen LogP contribution >= 0.6 is 34.5 Å². The van der Waals surface area contributed by atoms with Crippen LogP contribution in [0.1, 0.15) is 0 Å². The molecule has 0 saturated heterocycles. The highest BCUT2D eigenvalue weighted by Gasteiger charge is 2.21. The number of halogens is 2. The summed E-state index contributed by atoms with van der Waals surface area (Å²) >= 11 is 12.2. The zero-order valence-corrected chi connectivity index (χ0v) is 10.5. The van der Waals surface area contributed by atoms with Crippen LogP contribution in [0, 0.1) is 0 Å². The van der Waals surface area contributed by atoms with Gasteiger partial charge in [0.1, 0.15) is 4.21 Å². The summed E-state index contributed by atoms with van der Waals surface area (Å²) in [6.07, 6.45) is 0. The van der Waals surface area contributed by atoms with E-state index in [-0.39, 0.29) is 10.1 Å². The van der Waals surface area contributed by atoms with E-state index in [4.69, 9.17) is 23.2 Å². The molecule has 0 atom stereocenters. The third-order valence-electron chi connectivity index (χ3n) is 1.61. The van der Waals surface area contributed by atoms with Gasteiger partial charge in [0.05, 0.1) is 4.34 Å². The summed E-state index contributed by atoms with van der Waals surface area (Å²) in [6, 6.07) is 3.06. The standard InChI is InChI=1S/C7H9Cl2NO2S2/c1-10(5-4-8)14(11,12)7-3-2-6(9)13-7/h2-3H,4-5H2,1H3. The average molecular weight is 274 g/mol. The molecule has 1 rings (SSSR count). The van der Waals surface area contributed by atoms with Crippen LogP contribution in [0.15, 0.2) is 16.3 Å². The molecular formula is C7H9Cl2NO2S2. The van der Waals surface area contributed by atoms with Gasteiger partial charge in [-0.05, 0) is 12.1 Å². The van der Waals surface area contributed by atoms with Gasteiger partial charge in [-0.2, -0.15) is 4.31 Å². The first-order valence-electron chi connectivity index (χ1n) is 3.76. The Balaban J connectivity index is 2.96. The van der Waals surface area contributed by atoms with Crippen molar-refractivity contribution in [2.45, 2.75) is 4.21 Å². The average Bonchev–Trinajstić information content (AvgIpc) is 2.52. The van der Waals surface area contributed by atoms with Crippen molar-refractivity contribution in [2.75, 3.05) is 19.5 Å². The largest absolute Gasteiger partial charge is 0.252 e. The van der Waals surface area contributed by atoms with Gasteiger partial charge in [0.15, 0.2) is 0 Å². The lowest BCUT2D eigenvalue weighted by atomic mass is 10.7. The van der Waals surface area contributed by atoms with E-state index in [0.29, 0.717) is 10.9 Å². The fourth-order valence-electron chi connectivity index (χ4n) is 0.829. The van der Waals surface area contributed by atoms with E-state index in [0.717, 1.165) is 11.3 Å². The number of thiophene rings is 1. The highest BCUT2D eigenvalue weighted by molar-refractivity contribution is 7.91. The van der Waals surface area contributed by atoms with Crippen LogP contribution in [0.25, 0.3) is 0 Å². The molecule has 0 amide bonds. The first-order chi connectivity index (χ1) is 6.48. The fraction of sp³-hybridized carbons (Fsp3) is 0.429. The molecule has 1 heterocycles. The lowest BCUT2D eigenvalue weighted by Crippen LogP contribution is -2.28. The molecule has 0 saturated carbocycles. The van der Waals surface area contributed by atoms with Crippen molar-refractivity contribution in [1.29, 1.82) is 0 Å². The number of rotatable bonds is 4. The molecule has 0 aliphatic heterocycles. The van der Waals surface area contributed by atoms with Crippen molar-refractivity contribution in [3.63, 3.8) is 0 Å². The van der Waals surface area contributed by atoms with E-state index in [1.165, 1.54) is 17.4 Å². The second-order valence-electron chi connectivity index (χ2n) is 2.57. The third-order valence-corrected chi connectivity index (χ3v) is 5.34. The summed E-state index contributed by atoms with van der Waals surface area (Å²) in [5.41, 5.74) is 0. The van der Waals surface area contributed by atoms with Crippen molar-refractivity contribution in [1.82, 2.24) is 4.31 Å². The highest BCUT2D eigenvalue weighted by atomic mass is 35.5. The quantitative estimate of drug-likeness (QED) is 0.790. The first kappa shape index (κ1) is 12.3. The van der Waals surface area contributed by atoms with Crippen LogP contribution in [-0.2, 0) is 10.0 Å². The maximum Gasteiger partial charge on any atom is 0.252 e. The van der Waals surface area contributed by atoms with Gasteiger partial charge >= 0.3 is 0 Å². The Morgan fingerprint density at radius 2 is 2.14 bits per heavy atom. The van der Waals surface area contributed by atoms with Gasteiger partial charge in [-0.15, -0.1) is 22.9 Å². The smallest absolute Gasteiger partial charge is 0.206 e. The summed E-state index contributed by atoms with van der Waals surface area (Å²) in [4.78, 5) is 0. The number of nitrogens with zero attached hydrogens (tertiary/aromatic N) is 1. The van der Waals surface area contributed by atoms with Gasteiger partial charge in [-0.1, -0.05) is 11.6 Å². The van der Waals surface area contributed by atoms with Gasteiger partial charge in [0, 0.05) is 19.5 Å².